The van der Waals surface area contributed by atoms with E-state index in [1.165, 1.54) is 17.1 Å². The van der Waals surface area contributed by atoms with E-state index in [0.717, 1.165) is 28.2 Å². The third-order valence-electron chi connectivity index (χ3n) is 5.52. The highest BCUT2D eigenvalue weighted by molar-refractivity contribution is 6.03. The Kier molecular flexibility index (Phi) is 6.61. The lowest BCUT2D eigenvalue weighted by Crippen LogP contribution is -2.36. The summed E-state index contributed by atoms with van der Waals surface area (Å²) in [6, 6.07) is 23.6. The van der Waals surface area contributed by atoms with E-state index in [0.29, 0.717) is 13.0 Å². The molecule has 32 heavy (non-hydrogen) atoms. The maximum absolute atomic E-state index is 13.9. The lowest BCUT2D eigenvalue weighted by Gasteiger charge is -2.25. The van der Waals surface area contributed by atoms with Gasteiger partial charge in [0.1, 0.15) is 11.6 Å². The molecule has 0 aliphatic carbocycles. The van der Waals surface area contributed by atoms with Crippen LogP contribution in [-0.4, -0.2) is 42.2 Å². The molecule has 6 heteroatoms. The molecule has 0 spiro atoms. The Morgan fingerprint density at radius 3 is 2.53 bits per heavy atom. The van der Waals surface area contributed by atoms with Crippen molar-refractivity contribution in [1.82, 2.24) is 9.91 Å². The van der Waals surface area contributed by atoms with Crippen LogP contribution < -0.4 is 4.74 Å². The Balaban J connectivity index is 1.56. The average Bonchev–Trinajstić information content (AvgIpc) is 3.25. The molecule has 1 aliphatic rings. The van der Waals surface area contributed by atoms with Crippen molar-refractivity contribution in [3.8, 4) is 5.75 Å². The predicted octanol–water partition coefficient (Wildman–Crippen LogP) is 4.64. The normalized spacial score (nSPS) is 15.7. The molecule has 164 valence electrons. The summed E-state index contributed by atoms with van der Waals surface area (Å²) >= 11 is 0. The van der Waals surface area contributed by atoms with Gasteiger partial charge in [-0.05, 0) is 60.1 Å². The number of hydrazone groups is 1. The van der Waals surface area contributed by atoms with Crippen LogP contribution >= 0.6 is 0 Å². The Labute approximate surface area is 187 Å². The number of halogens is 1. The number of carbonyl (C=O) groups is 1. The van der Waals surface area contributed by atoms with Gasteiger partial charge in [0.05, 0.1) is 25.4 Å². The van der Waals surface area contributed by atoms with Crippen LogP contribution in [0.3, 0.4) is 0 Å². The van der Waals surface area contributed by atoms with Crippen molar-refractivity contribution in [2.45, 2.75) is 19.0 Å². The van der Waals surface area contributed by atoms with Gasteiger partial charge in [0.25, 0.3) is 5.91 Å². The zero-order chi connectivity index (χ0) is 22.5. The minimum absolute atomic E-state index is 0.124. The number of amides is 1. The standard InChI is InChI=1S/C26H26FN3O2/c1-29(17-19-7-4-3-5-8-19)18-26(31)30-25(21-9-6-10-22(27)15-21)16-24(28-30)20-11-13-23(32-2)14-12-20/h3-15,25H,16-18H2,1-2H3. The van der Waals surface area contributed by atoms with E-state index in [4.69, 9.17) is 4.74 Å². The highest BCUT2D eigenvalue weighted by Gasteiger charge is 2.33. The molecule has 0 saturated heterocycles. The monoisotopic (exact) mass is 431 g/mol. The smallest absolute Gasteiger partial charge is 0.257 e. The second-order valence-corrected chi connectivity index (χ2v) is 7.95. The van der Waals surface area contributed by atoms with Crippen LogP contribution in [-0.2, 0) is 11.3 Å². The van der Waals surface area contributed by atoms with Gasteiger partial charge in [-0.3, -0.25) is 9.69 Å². The number of hydrogen-bond donors (Lipinski definition) is 0. The first-order valence-corrected chi connectivity index (χ1v) is 10.6. The van der Waals surface area contributed by atoms with E-state index in [9.17, 15) is 9.18 Å². The molecule has 0 N–H and O–H groups in total. The molecule has 0 saturated carbocycles. The summed E-state index contributed by atoms with van der Waals surface area (Å²) in [5.41, 5.74) is 3.57. The van der Waals surface area contributed by atoms with Crippen LogP contribution in [0.5, 0.6) is 5.75 Å². The topological polar surface area (TPSA) is 45.1 Å². The molecule has 3 aromatic rings. The maximum Gasteiger partial charge on any atom is 0.257 e. The fraction of sp³-hybridized carbons (Fsp3) is 0.231. The molecule has 1 amide bonds. The first kappa shape index (κ1) is 21.7. The predicted molar refractivity (Wildman–Crippen MR) is 123 cm³/mol. The molecule has 1 heterocycles. The average molecular weight is 432 g/mol. The number of hydrogen-bond acceptors (Lipinski definition) is 4. The summed E-state index contributed by atoms with van der Waals surface area (Å²) in [7, 11) is 3.53. The van der Waals surface area contributed by atoms with Gasteiger partial charge < -0.3 is 4.74 Å². The molecule has 5 nitrogen and oxygen atoms in total. The number of benzene rings is 3. The first-order valence-electron chi connectivity index (χ1n) is 10.6. The molecule has 3 aromatic carbocycles. The fourth-order valence-corrected chi connectivity index (χ4v) is 3.93. The van der Waals surface area contributed by atoms with E-state index in [1.54, 1.807) is 13.2 Å². The third-order valence-corrected chi connectivity index (χ3v) is 5.52. The third kappa shape index (κ3) is 5.03. The van der Waals surface area contributed by atoms with Crippen molar-refractivity contribution in [1.29, 1.82) is 0 Å². The molecule has 0 aromatic heterocycles. The van der Waals surface area contributed by atoms with Gasteiger partial charge in [0.15, 0.2) is 0 Å². The van der Waals surface area contributed by atoms with Crippen molar-refractivity contribution >= 4 is 11.6 Å². The molecule has 4 rings (SSSR count). The van der Waals surface area contributed by atoms with Gasteiger partial charge in [-0.15, -0.1) is 0 Å². The van der Waals surface area contributed by atoms with Crippen LogP contribution in [0, 0.1) is 5.82 Å². The van der Waals surface area contributed by atoms with E-state index >= 15 is 0 Å². The second kappa shape index (κ2) is 9.75. The first-order chi connectivity index (χ1) is 15.5. The lowest BCUT2D eigenvalue weighted by atomic mass is 9.98. The molecular formula is C26H26FN3O2. The van der Waals surface area contributed by atoms with Gasteiger partial charge >= 0.3 is 0 Å². The summed E-state index contributed by atoms with van der Waals surface area (Å²) in [4.78, 5) is 15.2. The van der Waals surface area contributed by atoms with Crippen molar-refractivity contribution in [3.63, 3.8) is 0 Å². The molecule has 1 aliphatic heterocycles. The highest BCUT2D eigenvalue weighted by atomic mass is 19.1. The van der Waals surface area contributed by atoms with Crippen LogP contribution in [0.25, 0.3) is 0 Å². The number of likely N-dealkylation sites (N-methyl/N-ethyl adjacent to an activating group) is 1. The molecule has 1 atom stereocenters. The van der Waals surface area contributed by atoms with Crippen LogP contribution in [0.2, 0.25) is 0 Å². The fourth-order valence-electron chi connectivity index (χ4n) is 3.93. The molecular weight excluding hydrogens is 405 g/mol. The quantitative estimate of drug-likeness (QED) is 0.547. The van der Waals surface area contributed by atoms with E-state index in [-0.39, 0.29) is 24.3 Å². The van der Waals surface area contributed by atoms with Gasteiger partial charge in [-0.25, -0.2) is 9.40 Å². The van der Waals surface area contributed by atoms with Crippen molar-refractivity contribution in [2.24, 2.45) is 5.10 Å². The zero-order valence-electron chi connectivity index (χ0n) is 18.2. The Morgan fingerprint density at radius 1 is 1.09 bits per heavy atom. The molecule has 0 bridgehead atoms. The maximum atomic E-state index is 13.9. The van der Waals surface area contributed by atoms with Gasteiger partial charge in [0, 0.05) is 13.0 Å². The Morgan fingerprint density at radius 2 is 1.84 bits per heavy atom. The largest absolute Gasteiger partial charge is 0.497 e. The number of ether oxygens (including phenoxy) is 1. The summed E-state index contributed by atoms with van der Waals surface area (Å²) in [5.74, 6) is 0.305. The zero-order valence-corrected chi connectivity index (χ0v) is 18.2. The highest BCUT2D eigenvalue weighted by Crippen LogP contribution is 2.33. The van der Waals surface area contributed by atoms with Gasteiger partial charge in [-0.2, -0.15) is 5.10 Å². The van der Waals surface area contributed by atoms with Gasteiger partial charge in [0.2, 0.25) is 0 Å². The van der Waals surface area contributed by atoms with E-state index < -0.39 is 0 Å². The number of carbonyl (C=O) groups excluding carboxylic acids is 1. The van der Waals surface area contributed by atoms with Crippen LogP contribution in [0.4, 0.5) is 4.39 Å². The van der Waals surface area contributed by atoms with Crippen LogP contribution in [0.15, 0.2) is 84.0 Å². The van der Waals surface area contributed by atoms with Gasteiger partial charge in [-0.1, -0.05) is 42.5 Å². The number of methoxy groups -OCH3 is 1. The SMILES string of the molecule is COc1ccc(C2=NN(C(=O)CN(C)Cc3ccccc3)C(c3cccc(F)c3)C2)cc1. The Hall–Kier alpha value is -3.51. The minimum atomic E-state index is -0.347. The summed E-state index contributed by atoms with van der Waals surface area (Å²) in [6.07, 6.45) is 0.518. The summed E-state index contributed by atoms with van der Waals surface area (Å²) in [5, 5.41) is 6.18. The number of nitrogens with zero attached hydrogens (tertiary/aromatic N) is 3. The Bertz CT molecular complexity index is 1100. The molecule has 0 radical (unpaired) electrons. The lowest BCUT2D eigenvalue weighted by molar-refractivity contribution is -0.134. The molecule has 0 fully saturated rings. The van der Waals surface area contributed by atoms with Crippen LogP contribution in [0.1, 0.15) is 29.2 Å². The molecule has 1 unspecified atom stereocenters. The van der Waals surface area contributed by atoms with E-state index in [2.05, 4.69) is 5.10 Å². The van der Waals surface area contributed by atoms with Crippen molar-refractivity contribution in [3.05, 3.63) is 101 Å². The summed E-state index contributed by atoms with van der Waals surface area (Å²) < 4.78 is 19.2. The second-order valence-electron chi connectivity index (χ2n) is 7.95. The number of rotatable bonds is 7. The summed E-state index contributed by atoms with van der Waals surface area (Å²) in [6.45, 7) is 0.861. The van der Waals surface area contributed by atoms with Crippen molar-refractivity contribution in [2.75, 3.05) is 20.7 Å². The van der Waals surface area contributed by atoms with E-state index in [1.807, 2.05) is 72.6 Å². The van der Waals surface area contributed by atoms with Crippen molar-refractivity contribution < 1.29 is 13.9 Å². The minimum Gasteiger partial charge on any atom is -0.497 e.